The normalized spacial score (nSPS) is 22.9. The van der Waals surface area contributed by atoms with E-state index in [0.29, 0.717) is 0 Å². The van der Waals surface area contributed by atoms with Crippen LogP contribution in [0.1, 0.15) is 12.8 Å². The van der Waals surface area contributed by atoms with Crippen molar-refractivity contribution in [2.75, 3.05) is 0 Å². The minimum atomic E-state index is 0.795. The van der Waals surface area contributed by atoms with Crippen molar-refractivity contribution in [2.45, 2.75) is 31.8 Å². The van der Waals surface area contributed by atoms with Gasteiger partial charge in [-0.2, -0.15) is 0 Å². The molecule has 1 rings (SSSR count). The van der Waals surface area contributed by atoms with Gasteiger partial charge in [0.15, 0.2) is 0 Å². The Hall–Kier alpha value is -0.715. The molecule has 1 atom stereocenters. The molecular formula is C12H19B. The van der Waals surface area contributed by atoms with Gasteiger partial charge in [-0.1, -0.05) is 36.7 Å². The molecule has 0 saturated carbocycles. The van der Waals surface area contributed by atoms with Gasteiger partial charge in [-0.05, 0) is 18.8 Å². The summed E-state index contributed by atoms with van der Waals surface area (Å²) in [6.45, 7) is 12.5. The van der Waals surface area contributed by atoms with Crippen LogP contribution in [-0.4, -0.2) is 6.71 Å². The molecule has 0 spiro atoms. The Labute approximate surface area is 82.5 Å². The number of allylic oxidation sites excluding steroid dienone is 3. The zero-order valence-electron chi connectivity index (χ0n) is 8.47. The molecule has 0 aliphatic carbocycles. The number of hydrogen-bond donors (Lipinski definition) is 0. The Morgan fingerprint density at radius 2 is 2.15 bits per heavy atom. The summed E-state index contributed by atoms with van der Waals surface area (Å²) in [5.41, 5.74) is 1.42. The monoisotopic (exact) mass is 174 g/mol. The quantitative estimate of drug-likeness (QED) is 0.449. The van der Waals surface area contributed by atoms with Gasteiger partial charge in [-0.25, -0.2) is 0 Å². The number of hydrogen-bond acceptors (Lipinski definition) is 0. The van der Waals surface area contributed by atoms with Crippen molar-refractivity contribution in [3.05, 3.63) is 37.5 Å². The first-order chi connectivity index (χ1) is 6.26. The first kappa shape index (κ1) is 10.4. The Bertz CT molecular complexity index is 185. The van der Waals surface area contributed by atoms with Crippen LogP contribution in [0, 0.1) is 5.92 Å². The van der Waals surface area contributed by atoms with Crippen LogP contribution in [0.5, 0.6) is 0 Å². The summed E-state index contributed by atoms with van der Waals surface area (Å²) in [6, 6.07) is 0. The van der Waals surface area contributed by atoms with E-state index in [1.54, 1.807) is 0 Å². The average molecular weight is 174 g/mol. The Morgan fingerprint density at radius 3 is 2.77 bits per heavy atom. The predicted octanol–water partition coefficient (Wildman–Crippen LogP) is 3.82. The third-order valence-corrected chi connectivity index (χ3v) is 2.82. The SMILES string of the molecule is C=CCB1CC(=C)CC(CC=C)C1. The van der Waals surface area contributed by atoms with Crippen molar-refractivity contribution in [3.63, 3.8) is 0 Å². The van der Waals surface area contributed by atoms with Crippen molar-refractivity contribution in [1.29, 1.82) is 0 Å². The second kappa shape index (κ2) is 5.11. The molecule has 1 aliphatic heterocycles. The van der Waals surface area contributed by atoms with Crippen LogP contribution in [0.4, 0.5) is 0 Å². The molecule has 0 bridgehead atoms. The number of rotatable bonds is 4. The topological polar surface area (TPSA) is 0 Å². The summed E-state index contributed by atoms with van der Waals surface area (Å²) in [4.78, 5) is 0. The van der Waals surface area contributed by atoms with Gasteiger partial charge in [0.25, 0.3) is 0 Å². The molecule has 13 heavy (non-hydrogen) atoms. The van der Waals surface area contributed by atoms with Crippen molar-refractivity contribution in [2.24, 2.45) is 5.92 Å². The third-order valence-electron chi connectivity index (χ3n) is 2.82. The fourth-order valence-corrected chi connectivity index (χ4v) is 2.37. The zero-order valence-corrected chi connectivity index (χ0v) is 8.47. The summed E-state index contributed by atoms with van der Waals surface area (Å²) in [6.07, 6.45) is 10.1. The Morgan fingerprint density at radius 1 is 1.38 bits per heavy atom. The van der Waals surface area contributed by atoms with E-state index < -0.39 is 0 Å². The van der Waals surface area contributed by atoms with Crippen LogP contribution >= 0.6 is 0 Å². The van der Waals surface area contributed by atoms with Gasteiger partial charge in [0.1, 0.15) is 6.71 Å². The summed E-state index contributed by atoms with van der Waals surface area (Å²) in [5.74, 6) is 0.795. The Balaban J connectivity index is 2.46. The molecule has 0 radical (unpaired) electrons. The molecule has 1 fully saturated rings. The highest BCUT2D eigenvalue weighted by atomic mass is 14.1. The van der Waals surface area contributed by atoms with Crippen molar-refractivity contribution >= 4 is 6.71 Å². The molecule has 0 aromatic heterocycles. The van der Waals surface area contributed by atoms with Crippen LogP contribution in [0.15, 0.2) is 37.5 Å². The van der Waals surface area contributed by atoms with Gasteiger partial charge in [0.2, 0.25) is 0 Å². The van der Waals surface area contributed by atoms with E-state index >= 15 is 0 Å². The fraction of sp³-hybridized carbons (Fsp3) is 0.500. The van der Waals surface area contributed by atoms with Crippen LogP contribution in [0.25, 0.3) is 0 Å². The smallest absolute Gasteiger partial charge is 0.104 e. The largest absolute Gasteiger partial charge is 0.148 e. The van der Waals surface area contributed by atoms with Gasteiger partial charge in [0.05, 0.1) is 0 Å². The lowest BCUT2D eigenvalue weighted by Crippen LogP contribution is -2.22. The highest BCUT2D eigenvalue weighted by molar-refractivity contribution is 6.60. The van der Waals surface area contributed by atoms with Gasteiger partial charge >= 0.3 is 0 Å². The van der Waals surface area contributed by atoms with E-state index in [1.165, 1.54) is 24.6 Å². The van der Waals surface area contributed by atoms with Gasteiger partial charge in [-0.15, -0.1) is 19.7 Å². The maximum Gasteiger partial charge on any atom is 0.148 e. The second-order valence-electron chi connectivity index (χ2n) is 4.17. The van der Waals surface area contributed by atoms with E-state index in [9.17, 15) is 0 Å². The van der Waals surface area contributed by atoms with Crippen LogP contribution in [-0.2, 0) is 0 Å². The van der Waals surface area contributed by atoms with E-state index in [2.05, 4.69) is 19.7 Å². The minimum absolute atomic E-state index is 0.795. The van der Waals surface area contributed by atoms with Gasteiger partial charge in [0, 0.05) is 0 Å². The molecular weight excluding hydrogens is 155 g/mol. The fourth-order valence-electron chi connectivity index (χ4n) is 2.37. The van der Waals surface area contributed by atoms with Gasteiger partial charge < -0.3 is 0 Å². The third kappa shape index (κ3) is 3.26. The lowest BCUT2D eigenvalue weighted by molar-refractivity contribution is 0.565. The highest BCUT2D eigenvalue weighted by Crippen LogP contribution is 2.32. The summed E-state index contributed by atoms with van der Waals surface area (Å²) >= 11 is 0. The van der Waals surface area contributed by atoms with Crippen molar-refractivity contribution < 1.29 is 0 Å². The van der Waals surface area contributed by atoms with Crippen molar-refractivity contribution in [1.82, 2.24) is 0 Å². The maximum absolute atomic E-state index is 4.11. The molecule has 0 aromatic rings. The second-order valence-corrected chi connectivity index (χ2v) is 4.17. The van der Waals surface area contributed by atoms with Crippen LogP contribution in [0.3, 0.4) is 0 Å². The predicted molar refractivity (Wildman–Crippen MR) is 62.4 cm³/mol. The van der Waals surface area contributed by atoms with Crippen molar-refractivity contribution in [3.8, 4) is 0 Å². The first-order valence-electron chi connectivity index (χ1n) is 5.14. The summed E-state index contributed by atoms with van der Waals surface area (Å²) in [5, 5.41) is 0. The maximum atomic E-state index is 4.11. The molecule has 0 N–H and O–H groups in total. The van der Waals surface area contributed by atoms with E-state index in [0.717, 1.165) is 25.4 Å². The molecule has 1 saturated heterocycles. The first-order valence-corrected chi connectivity index (χ1v) is 5.14. The molecule has 70 valence electrons. The minimum Gasteiger partial charge on any atom is -0.104 e. The van der Waals surface area contributed by atoms with Gasteiger partial charge in [-0.3, -0.25) is 0 Å². The van der Waals surface area contributed by atoms with E-state index in [-0.39, 0.29) is 0 Å². The average Bonchev–Trinajstić information content (AvgIpc) is 2.04. The zero-order chi connectivity index (χ0) is 9.68. The molecule has 1 unspecified atom stereocenters. The standard InChI is InChI=1S/C12H19B/c1-4-6-12-8-11(3)9-13(10-12)7-5-2/h4-5,12H,1-3,6-10H2. The molecule has 0 nitrogen and oxygen atoms in total. The van der Waals surface area contributed by atoms with E-state index in [1.807, 2.05) is 12.2 Å². The molecule has 1 heterocycles. The lowest BCUT2D eigenvalue weighted by atomic mass is 9.37. The van der Waals surface area contributed by atoms with Crippen LogP contribution in [0.2, 0.25) is 19.0 Å². The molecule has 1 heteroatoms. The highest BCUT2D eigenvalue weighted by Gasteiger charge is 2.24. The lowest BCUT2D eigenvalue weighted by Gasteiger charge is -2.27. The summed E-state index contributed by atoms with van der Waals surface area (Å²) in [7, 11) is 0. The van der Waals surface area contributed by atoms with E-state index in [4.69, 9.17) is 0 Å². The Kier molecular flexibility index (Phi) is 4.07. The molecule has 1 aliphatic rings. The van der Waals surface area contributed by atoms with Crippen LogP contribution < -0.4 is 0 Å². The molecule has 0 amide bonds. The summed E-state index contributed by atoms with van der Waals surface area (Å²) < 4.78 is 0. The molecule has 0 aromatic carbocycles.